The molecule has 118 valence electrons. The molecule has 0 heterocycles. The Morgan fingerprint density at radius 3 is 2.62 bits per heavy atom. The predicted molar refractivity (Wildman–Crippen MR) is 86.0 cm³/mol. The van der Waals surface area contributed by atoms with Gasteiger partial charge in [-0.2, -0.15) is 0 Å². The minimum Gasteiger partial charge on any atom is -0.406 e. The Morgan fingerprint density at radius 2 is 2.10 bits per heavy atom. The van der Waals surface area contributed by atoms with Gasteiger partial charge in [0.1, 0.15) is 5.75 Å². The molecule has 2 unspecified atom stereocenters. The summed E-state index contributed by atoms with van der Waals surface area (Å²) in [5.74, 6) is 0.397. The van der Waals surface area contributed by atoms with Crippen LogP contribution in [0.25, 0.3) is 0 Å². The van der Waals surface area contributed by atoms with Crippen molar-refractivity contribution in [1.29, 1.82) is 0 Å². The minimum atomic E-state index is -4.71. The van der Waals surface area contributed by atoms with Gasteiger partial charge in [0.2, 0.25) is 0 Å². The molecular formula is C13H17F3IN3O. The van der Waals surface area contributed by atoms with Gasteiger partial charge >= 0.3 is 6.36 Å². The van der Waals surface area contributed by atoms with Crippen LogP contribution in [-0.2, 0) is 0 Å². The third-order valence-electron chi connectivity index (χ3n) is 3.22. The summed E-state index contributed by atoms with van der Waals surface area (Å²) in [5, 5.41) is 2.77. The Hall–Kier alpha value is -1.19. The highest BCUT2D eigenvalue weighted by molar-refractivity contribution is 14.0. The molecule has 21 heavy (non-hydrogen) atoms. The molecule has 4 nitrogen and oxygen atoms in total. The van der Waals surface area contributed by atoms with E-state index in [1.165, 1.54) is 18.2 Å². The lowest BCUT2D eigenvalue weighted by molar-refractivity contribution is -0.274. The van der Waals surface area contributed by atoms with Gasteiger partial charge in [0.05, 0.1) is 6.04 Å². The van der Waals surface area contributed by atoms with Gasteiger partial charge in [0.15, 0.2) is 5.96 Å². The molecule has 1 aliphatic carbocycles. The van der Waals surface area contributed by atoms with Crippen molar-refractivity contribution in [3.63, 3.8) is 0 Å². The zero-order chi connectivity index (χ0) is 14.8. The van der Waals surface area contributed by atoms with E-state index in [1.54, 1.807) is 6.07 Å². The third-order valence-corrected chi connectivity index (χ3v) is 3.22. The van der Waals surface area contributed by atoms with E-state index >= 15 is 0 Å². The second kappa shape index (κ2) is 7.19. The molecule has 0 aliphatic heterocycles. The molecule has 0 spiro atoms. The van der Waals surface area contributed by atoms with Crippen molar-refractivity contribution < 1.29 is 17.9 Å². The maximum atomic E-state index is 12.1. The minimum absolute atomic E-state index is 0. The van der Waals surface area contributed by atoms with Crippen molar-refractivity contribution in [2.24, 2.45) is 16.6 Å². The molecule has 0 radical (unpaired) electrons. The molecule has 2 atom stereocenters. The lowest BCUT2D eigenvalue weighted by atomic mass is 9.82. The summed E-state index contributed by atoms with van der Waals surface area (Å²) in [6, 6.07) is 5.68. The highest BCUT2D eigenvalue weighted by Crippen LogP contribution is 2.29. The number of guanidine groups is 1. The van der Waals surface area contributed by atoms with E-state index in [2.05, 4.69) is 22.0 Å². The maximum Gasteiger partial charge on any atom is 0.573 e. The Labute approximate surface area is 138 Å². The largest absolute Gasteiger partial charge is 0.573 e. The van der Waals surface area contributed by atoms with Gasteiger partial charge in [-0.05, 0) is 30.9 Å². The summed E-state index contributed by atoms with van der Waals surface area (Å²) in [4.78, 5) is 4.28. The van der Waals surface area contributed by atoms with Crippen LogP contribution in [0.4, 0.5) is 18.9 Å². The van der Waals surface area contributed by atoms with Crippen LogP contribution in [0.3, 0.4) is 0 Å². The third kappa shape index (κ3) is 5.60. The molecule has 0 amide bonds. The molecular weight excluding hydrogens is 398 g/mol. The number of hydrogen-bond donors (Lipinski definition) is 2. The quantitative estimate of drug-likeness (QED) is 0.450. The number of hydrogen-bond acceptors (Lipinski definition) is 2. The summed E-state index contributed by atoms with van der Waals surface area (Å²) in [6.45, 7) is 2.09. The fourth-order valence-electron chi connectivity index (χ4n) is 1.97. The summed E-state index contributed by atoms with van der Waals surface area (Å²) in [6.07, 6.45) is -2.60. The summed E-state index contributed by atoms with van der Waals surface area (Å²) < 4.78 is 40.2. The molecule has 0 saturated heterocycles. The van der Waals surface area contributed by atoms with Crippen molar-refractivity contribution in [1.82, 2.24) is 0 Å². The van der Waals surface area contributed by atoms with Crippen LogP contribution in [0.2, 0.25) is 0 Å². The number of nitrogens with two attached hydrogens (primary N) is 1. The van der Waals surface area contributed by atoms with Crippen molar-refractivity contribution in [2.45, 2.75) is 32.2 Å². The summed E-state index contributed by atoms with van der Waals surface area (Å²) >= 11 is 0. The van der Waals surface area contributed by atoms with Crippen molar-refractivity contribution in [3.05, 3.63) is 24.3 Å². The van der Waals surface area contributed by atoms with Crippen LogP contribution in [0.5, 0.6) is 5.75 Å². The van der Waals surface area contributed by atoms with E-state index in [0.29, 0.717) is 11.6 Å². The maximum absolute atomic E-state index is 12.1. The Bertz CT molecular complexity index is 508. The first-order valence-corrected chi connectivity index (χ1v) is 6.29. The molecule has 0 bridgehead atoms. The zero-order valence-electron chi connectivity index (χ0n) is 11.4. The van der Waals surface area contributed by atoms with E-state index < -0.39 is 6.36 Å². The van der Waals surface area contributed by atoms with Crippen LogP contribution >= 0.6 is 24.0 Å². The number of halogens is 4. The normalized spacial score (nSPS) is 22.0. The number of alkyl halides is 3. The SMILES string of the molecule is CC1CCC1N=C(N)Nc1cccc(OC(F)(F)F)c1.I. The number of aliphatic imine (C=N–C) groups is 1. The molecule has 1 saturated carbocycles. The van der Waals surface area contributed by atoms with Crippen LogP contribution in [0.15, 0.2) is 29.3 Å². The molecule has 1 fully saturated rings. The lowest BCUT2D eigenvalue weighted by Gasteiger charge is -2.30. The predicted octanol–water partition coefficient (Wildman–Crippen LogP) is 3.73. The van der Waals surface area contributed by atoms with Crippen LogP contribution in [0, 0.1) is 5.92 Å². The number of ether oxygens (including phenoxy) is 1. The van der Waals surface area contributed by atoms with E-state index in [9.17, 15) is 13.2 Å². The standard InChI is InChI=1S/C13H16F3N3O.HI/c1-8-5-6-11(8)19-12(17)18-9-3-2-4-10(7-9)20-13(14,15)16;/h2-4,7-8,11H,5-6H2,1H3,(H3,17,18,19);1H. The number of anilines is 1. The topological polar surface area (TPSA) is 59.6 Å². The molecule has 2 rings (SSSR count). The van der Waals surface area contributed by atoms with Crippen LogP contribution in [0.1, 0.15) is 19.8 Å². The lowest BCUT2D eigenvalue weighted by Crippen LogP contribution is -2.32. The molecule has 0 aromatic heterocycles. The second-order valence-corrected chi connectivity index (χ2v) is 4.84. The first-order chi connectivity index (χ1) is 9.33. The summed E-state index contributed by atoms with van der Waals surface area (Å²) in [5.41, 5.74) is 6.13. The Balaban J connectivity index is 0.00000220. The highest BCUT2D eigenvalue weighted by Gasteiger charge is 2.31. The Kier molecular flexibility index (Phi) is 6.11. The molecule has 1 aliphatic rings. The number of nitrogens with one attached hydrogen (secondary N) is 1. The second-order valence-electron chi connectivity index (χ2n) is 4.84. The van der Waals surface area contributed by atoms with Crippen LogP contribution in [-0.4, -0.2) is 18.4 Å². The van der Waals surface area contributed by atoms with Gasteiger partial charge in [0, 0.05) is 11.8 Å². The molecule has 8 heteroatoms. The fraction of sp³-hybridized carbons (Fsp3) is 0.462. The van der Waals surface area contributed by atoms with Crippen molar-refractivity contribution in [3.8, 4) is 5.75 Å². The monoisotopic (exact) mass is 415 g/mol. The van der Waals surface area contributed by atoms with Gasteiger partial charge in [-0.15, -0.1) is 37.1 Å². The number of rotatable bonds is 3. The van der Waals surface area contributed by atoms with E-state index in [4.69, 9.17) is 5.73 Å². The van der Waals surface area contributed by atoms with Gasteiger partial charge in [-0.3, -0.25) is 0 Å². The van der Waals surface area contributed by atoms with Gasteiger partial charge < -0.3 is 15.8 Å². The highest BCUT2D eigenvalue weighted by atomic mass is 127. The number of benzene rings is 1. The first-order valence-electron chi connectivity index (χ1n) is 6.29. The van der Waals surface area contributed by atoms with E-state index in [-0.39, 0.29) is 41.7 Å². The van der Waals surface area contributed by atoms with Gasteiger partial charge in [-0.1, -0.05) is 13.0 Å². The van der Waals surface area contributed by atoms with Gasteiger partial charge in [-0.25, -0.2) is 4.99 Å². The van der Waals surface area contributed by atoms with Gasteiger partial charge in [0.25, 0.3) is 0 Å². The first kappa shape index (κ1) is 17.9. The van der Waals surface area contributed by atoms with Crippen LogP contribution < -0.4 is 15.8 Å². The van der Waals surface area contributed by atoms with Crippen molar-refractivity contribution in [2.75, 3.05) is 5.32 Å². The summed E-state index contributed by atoms with van der Waals surface area (Å²) in [7, 11) is 0. The average molecular weight is 415 g/mol. The molecule has 3 N–H and O–H groups in total. The van der Waals surface area contributed by atoms with Crippen molar-refractivity contribution >= 4 is 35.6 Å². The zero-order valence-corrected chi connectivity index (χ0v) is 13.7. The number of nitrogens with zero attached hydrogens (tertiary/aromatic N) is 1. The molecule has 1 aromatic rings. The smallest absolute Gasteiger partial charge is 0.406 e. The average Bonchev–Trinajstić information content (AvgIpc) is 2.32. The molecule has 1 aromatic carbocycles. The Morgan fingerprint density at radius 1 is 1.38 bits per heavy atom. The van der Waals surface area contributed by atoms with E-state index in [1.807, 2.05) is 0 Å². The van der Waals surface area contributed by atoms with E-state index in [0.717, 1.165) is 12.8 Å². The fourth-order valence-corrected chi connectivity index (χ4v) is 1.97.